The first-order chi connectivity index (χ1) is 8.59. The highest BCUT2D eigenvalue weighted by atomic mass is 16.3. The minimum atomic E-state index is -0.886. The van der Waals surface area contributed by atoms with Crippen LogP contribution < -0.4 is 5.32 Å². The molecule has 1 aromatic heterocycles. The van der Waals surface area contributed by atoms with Gasteiger partial charge in [0.25, 0.3) is 0 Å². The molecule has 4 nitrogen and oxygen atoms in total. The van der Waals surface area contributed by atoms with Gasteiger partial charge >= 0.3 is 0 Å². The van der Waals surface area contributed by atoms with Crippen molar-refractivity contribution < 1.29 is 9.90 Å². The van der Waals surface area contributed by atoms with Crippen LogP contribution in [0.4, 0.5) is 0 Å². The van der Waals surface area contributed by atoms with E-state index in [1.165, 1.54) is 0 Å². The van der Waals surface area contributed by atoms with Crippen LogP contribution in [0.15, 0.2) is 24.5 Å². The molecule has 1 heterocycles. The third kappa shape index (κ3) is 5.77. The quantitative estimate of drug-likeness (QED) is 0.722. The second-order valence-electron chi connectivity index (χ2n) is 4.90. The van der Waals surface area contributed by atoms with Crippen molar-refractivity contribution in [2.24, 2.45) is 5.92 Å². The lowest BCUT2D eigenvalue weighted by atomic mass is 10.1. The second kappa shape index (κ2) is 7.82. The van der Waals surface area contributed by atoms with Crippen LogP contribution >= 0.6 is 0 Å². The Kier molecular flexibility index (Phi) is 6.36. The zero-order valence-corrected chi connectivity index (χ0v) is 11.1. The number of carbonyl (C=O) groups excluding carboxylic acids is 1. The number of hydrogen-bond donors (Lipinski definition) is 2. The molecule has 0 aromatic carbocycles. The Labute approximate surface area is 108 Å². The minimum absolute atomic E-state index is 0.269. The molecule has 0 aliphatic carbocycles. The molecule has 0 aliphatic heterocycles. The molecule has 1 rings (SSSR count). The van der Waals surface area contributed by atoms with Gasteiger partial charge in [0, 0.05) is 18.9 Å². The van der Waals surface area contributed by atoms with Crippen molar-refractivity contribution in [2.75, 3.05) is 6.54 Å². The fraction of sp³-hybridized carbons (Fsp3) is 0.571. The third-order valence-electron chi connectivity index (χ3n) is 2.66. The molecule has 0 saturated heterocycles. The summed E-state index contributed by atoms with van der Waals surface area (Å²) in [5.41, 5.74) is 1.16. The van der Waals surface area contributed by atoms with E-state index in [1.54, 1.807) is 6.20 Å². The summed E-state index contributed by atoms with van der Waals surface area (Å²) in [5.74, 6) is 0.0519. The van der Waals surface area contributed by atoms with E-state index in [9.17, 15) is 9.90 Å². The number of nitrogens with zero attached hydrogens (tertiary/aromatic N) is 1. The molecular weight excluding hydrogens is 228 g/mol. The fourth-order valence-electron chi connectivity index (χ4n) is 1.72. The van der Waals surface area contributed by atoms with Crippen LogP contribution in [0.25, 0.3) is 0 Å². The summed E-state index contributed by atoms with van der Waals surface area (Å²) in [6, 6.07) is 3.92. The molecule has 1 atom stereocenters. The van der Waals surface area contributed by atoms with Gasteiger partial charge in [-0.25, -0.2) is 0 Å². The van der Waals surface area contributed by atoms with Crippen molar-refractivity contribution in [1.29, 1.82) is 0 Å². The molecule has 1 amide bonds. The summed E-state index contributed by atoms with van der Waals surface area (Å²) in [4.78, 5) is 15.5. The topological polar surface area (TPSA) is 62.2 Å². The Morgan fingerprint density at radius 3 is 2.89 bits per heavy atom. The summed E-state index contributed by atoms with van der Waals surface area (Å²) in [6.45, 7) is 4.56. The summed E-state index contributed by atoms with van der Waals surface area (Å²) in [6.07, 6.45) is 4.93. The van der Waals surface area contributed by atoms with Crippen molar-refractivity contribution in [3.8, 4) is 0 Å². The Bertz CT molecular complexity index is 352. The number of aromatic nitrogens is 1. The molecule has 0 fully saturated rings. The highest BCUT2D eigenvalue weighted by Gasteiger charge is 2.15. The summed E-state index contributed by atoms with van der Waals surface area (Å²) < 4.78 is 0. The van der Waals surface area contributed by atoms with Crippen molar-refractivity contribution in [3.05, 3.63) is 30.1 Å². The molecule has 0 spiro atoms. The smallest absolute Gasteiger partial charge is 0.248 e. The van der Waals surface area contributed by atoms with Crippen LogP contribution in [-0.4, -0.2) is 28.6 Å². The van der Waals surface area contributed by atoms with Crippen LogP contribution in [0.3, 0.4) is 0 Å². The number of aliphatic hydroxyl groups excluding tert-OH is 1. The standard InChI is InChI=1S/C14H22N2O2/c1-11(2)9-13(17)14(18)16-8-4-6-12-5-3-7-15-10-12/h3,5,7,10-11,13,17H,4,6,8-9H2,1-2H3,(H,16,18). The number of nitrogens with one attached hydrogen (secondary N) is 1. The lowest BCUT2D eigenvalue weighted by molar-refractivity contribution is -0.130. The largest absolute Gasteiger partial charge is 0.383 e. The van der Waals surface area contributed by atoms with Crippen molar-refractivity contribution >= 4 is 5.91 Å². The molecule has 0 bridgehead atoms. The number of aryl methyl sites for hydroxylation is 1. The molecule has 100 valence electrons. The maximum absolute atomic E-state index is 11.5. The maximum Gasteiger partial charge on any atom is 0.248 e. The van der Waals surface area contributed by atoms with Crippen molar-refractivity contribution in [3.63, 3.8) is 0 Å². The predicted molar refractivity (Wildman–Crippen MR) is 71.0 cm³/mol. The first kappa shape index (κ1) is 14.6. The van der Waals surface area contributed by atoms with Crippen LogP contribution in [-0.2, 0) is 11.2 Å². The monoisotopic (exact) mass is 250 g/mol. The van der Waals surface area contributed by atoms with Gasteiger partial charge in [0.15, 0.2) is 0 Å². The van der Waals surface area contributed by atoms with Crippen molar-refractivity contribution in [2.45, 2.75) is 39.2 Å². The van der Waals surface area contributed by atoms with E-state index in [2.05, 4.69) is 10.3 Å². The summed E-state index contributed by atoms with van der Waals surface area (Å²) in [7, 11) is 0. The van der Waals surface area contributed by atoms with Crippen LogP contribution in [0, 0.1) is 5.92 Å². The zero-order chi connectivity index (χ0) is 13.4. The highest BCUT2D eigenvalue weighted by Crippen LogP contribution is 2.04. The molecule has 1 aromatic rings. The van der Waals surface area contributed by atoms with Crippen LogP contribution in [0.5, 0.6) is 0 Å². The predicted octanol–water partition coefficient (Wildman–Crippen LogP) is 1.54. The first-order valence-corrected chi connectivity index (χ1v) is 6.44. The van der Waals surface area contributed by atoms with E-state index in [0.717, 1.165) is 18.4 Å². The van der Waals surface area contributed by atoms with Gasteiger partial charge in [-0.05, 0) is 36.8 Å². The number of carbonyl (C=O) groups is 1. The van der Waals surface area contributed by atoms with E-state index >= 15 is 0 Å². The van der Waals surface area contributed by atoms with Gasteiger partial charge in [0.1, 0.15) is 6.10 Å². The van der Waals surface area contributed by atoms with E-state index in [4.69, 9.17) is 0 Å². The van der Waals surface area contributed by atoms with Gasteiger partial charge in [-0.2, -0.15) is 0 Å². The van der Waals surface area contributed by atoms with Gasteiger partial charge in [0.05, 0.1) is 0 Å². The Hall–Kier alpha value is -1.42. The Balaban J connectivity index is 2.16. The first-order valence-electron chi connectivity index (χ1n) is 6.44. The molecular formula is C14H22N2O2. The van der Waals surface area contributed by atoms with Crippen molar-refractivity contribution in [1.82, 2.24) is 10.3 Å². The fourth-order valence-corrected chi connectivity index (χ4v) is 1.72. The summed E-state index contributed by atoms with van der Waals surface area (Å²) in [5, 5.41) is 12.3. The van der Waals surface area contributed by atoms with E-state index < -0.39 is 6.10 Å². The Morgan fingerprint density at radius 1 is 1.50 bits per heavy atom. The molecule has 1 unspecified atom stereocenters. The van der Waals surface area contributed by atoms with Gasteiger partial charge in [-0.3, -0.25) is 9.78 Å². The highest BCUT2D eigenvalue weighted by molar-refractivity contribution is 5.80. The average molecular weight is 250 g/mol. The second-order valence-corrected chi connectivity index (χ2v) is 4.90. The van der Waals surface area contributed by atoms with Crippen LogP contribution in [0.1, 0.15) is 32.3 Å². The van der Waals surface area contributed by atoms with E-state index in [1.807, 2.05) is 32.2 Å². The molecule has 18 heavy (non-hydrogen) atoms. The van der Waals surface area contributed by atoms with Gasteiger partial charge in [-0.1, -0.05) is 19.9 Å². The SMILES string of the molecule is CC(C)CC(O)C(=O)NCCCc1cccnc1. The molecule has 0 radical (unpaired) electrons. The van der Waals surface area contributed by atoms with Gasteiger partial charge in [-0.15, -0.1) is 0 Å². The Morgan fingerprint density at radius 2 is 2.28 bits per heavy atom. The number of amides is 1. The molecule has 0 aliphatic rings. The summed E-state index contributed by atoms with van der Waals surface area (Å²) >= 11 is 0. The lowest BCUT2D eigenvalue weighted by Gasteiger charge is -2.13. The molecule has 0 saturated carbocycles. The van der Waals surface area contributed by atoms with E-state index in [-0.39, 0.29) is 5.91 Å². The van der Waals surface area contributed by atoms with Gasteiger partial charge < -0.3 is 10.4 Å². The van der Waals surface area contributed by atoms with Crippen LogP contribution in [0.2, 0.25) is 0 Å². The normalized spacial score (nSPS) is 12.4. The number of hydrogen-bond acceptors (Lipinski definition) is 3. The third-order valence-corrected chi connectivity index (χ3v) is 2.66. The molecule has 4 heteroatoms. The average Bonchev–Trinajstić information content (AvgIpc) is 2.34. The van der Waals surface area contributed by atoms with Gasteiger partial charge in [0.2, 0.25) is 5.91 Å². The maximum atomic E-state index is 11.5. The minimum Gasteiger partial charge on any atom is -0.383 e. The number of aliphatic hydroxyl groups is 1. The molecule has 2 N–H and O–H groups in total. The number of rotatable bonds is 7. The number of pyridine rings is 1. The zero-order valence-electron chi connectivity index (χ0n) is 11.1. The van der Waals surface area contributed by atoms with E-state index in [0.29, 0.717) is 18.9 Å². The lowest BCUT2D eigenvalue weighted by Crippen LogP contribution is -2.36.